The van der Waals surface area contributed by atoms with Gasteiger partial charge in [-0.05, 0) is 32.5 Å². The first kappa shape index (κ1) is 13.3. The maximum atomic E-state index is 5.56. The molecule has 4 heteroatoms. The number of pyridine rings is 1. The summed E-state index contributed by atoms with van der Waals surface area (Å²) >= 11 is 0. The second-order valence-corrected chi connectivity index (χ2v) is 5.30. The van der Waals surface area contributed by atoms with E-state index in [0.29, 0.717) is 0 Å². The topological polar surface area (TPSA) is 37.4 Å². The molecule has 1 saturated heterocycles. The molecule has 0 spiro atoms. The molecule has 0 atom stereocenters. The molecule has 0 amide bonds. The van der Waals surface area contributed by atoms with Gasteiger partial charge >= 0.3 is 0 Å². The third-order valence-corrected chi connectivity index (χ3v) is 3.31. The lowest BCUT2D eigenvalue weighted by Crippen LogP contribution is -2.53. The minimum absolute atomic E-state index is 0.0507. The molecule has 0 bridgehead atoms. The molecule has 1 fully saturated rings. The van der Waals surface area contributed by atoms with Crippen LogP contribution in [-0.4, -0.2) is 36.8 Å². The van der Waals surface area contributed by atoms with Crippen LogP contribution in [0, 0.1) is 0 Å². The Hall–Kier alpha value is -1.13. The van der Waals surface area contributed by atoms with Gasteiger partial charge in [0, 0.05) is 25.0 Å². The van der Waals surface area contributed by atoms with E-state index in [1.807, 2.05) is 6.20 Å². The molecule has 1 aliphatic rings. The lowest BCUT2D eigenvalue weighted by atomic mass is 10.0. The average molecular weight is 249 g/mol. The van der Waals surface area contributed by atoms with Crippen molar-refractivity contribution in [2.75, 3.05) is 31.2 Å². The molecule has 4 nitrogen and oxygen atoms in total. The summed E-state index contributed by atoms with van der Waals surface area (Å²) in [5.74, 6) is 0. The number of nitrogens with zero attached hydrogens (tertiary/aromatic N) is 2. The van der Waals surface area contributed by atoms with Gasteiger partial charge in [-0.25, -0.2) is 0 Å². The number of aromatic nitrogens is 1. The smallest absolute Gasteiger partial charge is 0.0694 e. The third-order valence-electron chi connectivity index (χ3n) is 3.31. The van der Waals surface area contributed by atoms with Crippen LogP contribution in [0.15, 0.2) is 18.3 Å². The van der Waals surface area contributed by atoms with Gasteiger partial charge in [-0.2, -0.15) is 0 Å². The van der Waals surface area contributed by atoms with E-state index in [4.69, 9.17) is 4.74 Å². The van der Waals surface area contributed by atoms with E-state index >= 15 is 0 Å². The van der Waals surface area contributed by atoms with Gasteiger partial charge in [0.2, 0.25) is 0 Å². The van der Waals surface area contributed by atoms with E-state index in [-0.39, 0.29) is 5.54 Å². The van der Waals surface area contributed by atoms with Crippen LogP contribution >= 0.6 is 0 Å². The van der Waals surface area contributed by atoms with Gasteiger partial charge in [0.1, 0.15) is 0 Å². The van der Waals surface area contributed by atoms with Crippen LogP contribution < -0.4 is 10.2 Å². The van der Waals surface area contributed by atoms with Crippen molar-refractivity contribution >= 4 is 5.69 Å². The van der Waals surface area contributed by atoms with Gasteiger partial charge < -0.3 is 15.0 Å². The summed E-state index contributed by atoms with van der Waals surface area (Å²) in [5.41, 5.74) is 2.39. The summed E-state index contributed by atoms with van der Waals surface area (Å²) in [6.07, 6.45) is 1.90. The van der Waals surface area contributed by atoms with Crippen molar-refractivity contribution in [2.45, 2.75) is 32.9 Å². The summed E-state index contributed by atoms with van der Waals surface area (Å²) in [6.45, 7) is 10.9. The Kier molecular flexibility index (Phi) is 4.19. The fraction of sp³-hybridized carbons (Fsp3) is 0.643. The van der Waals surface area contributed by atoms with Gasteiger partial charge in [-0.15, -0.1) is 0 Å². The summed E-state index contributed by atoms with van der Waals surface area (Å²) in [7, 11) is 0. The number of rotatable bonds is 4. The molecule has 0 aromatic carbocycles. The van der Waals surface area contributed by atoms with Crippen molar-refractivity contribution in [3.8, 4) is 0 Å². The first-order valence-electron chi connectivity index (χ1n) is 6.64. The molecule has 2 rings (SSSR count). The molecule has 0 aliphatic carbocycles. The van der Waals surface area contributed by atoms with Crippen molar-refractivity contribution in [3.63, 3.8) is 0 Å². The zero-order valence-electron chi connectivity index (χ0n) is 11.6. The highest BCUT2D eigenvalue weighted by atomic mass is 16.5. The number of morpholine rings is 1. The Morgan fingerprint density at radius 3 is 3.06 bits per heavy atom. The van der Waals surface area contributed by atoms with Crippen molar-refractivity contribution < 1.29 is 4.74 Å². The molecule has 1 aromatic rings. The van der Waals surface area contributed by atoms with E-state index in [0.717, 1.165) is 38.5 Å². The zero-order valence-corrected chi connectivity index (χ0v) is 11.6. The van der Waals surface area contributed by atoms with Crippen LogP contribution in [0.3, 0.4) is 0 Å². The van der Waals surface area contributed by atoms with E-state index in [9.17, 15) is 0 Å². The standard InChI is InChI=1S/C14H23N3O/c1-4-15-10-12-9-13(5-6-16-12)17-7-8-18-11-14(17,2)3/h5-6,9,15H,4,7-8,10-11H2,1-3H3. The van der Waals surface area contributed by atoms with Crippen molar-refractivity contribution in [3.05, 3.63) is 24.0 Å². The van der Waals surface area contributed by atoms with Crippen molar-refractivity contribution in [2.24, 2.45) is 0 Å². The quantitative estimate of drug-likeness (QED) is 0.883. The Balaban J connectivity index is 2.16. The SMILES string of the molecule is CCNCc1cc(N2CCOCC2(C)C)ccn1. The monoisotopic (exact) mass is 249 g/mol. The molecule has 18 heavy (non-hydrogen) atoms. The van der Waals surface area contributed by atoms with Gasteiger partial charge in [0.05, 0.1) is 24.4 Å². The van der Waals surface area contributed by atoms with E-state index < -0.39 is 0 Å². The fourth-order valence-electron chi connectivity index (χ4n) is 2.32. The van der Waals surface area contributed by atoms with E-state index in [2.05, 4.69) is 48.1 Å². The maximum absolute atomic E-state index is 5.56. The van der Waals surface area contributed by atoms with Crippen molar-refractivity contribution in [1.29, 1.82) is 0 Å². The van der Waals surface area contributed by atoms with Crippen LogP contribution in [0.2, 0.25) is 0 Å². The molecule has 0 radical (unpaired) electrons. The molecule has 1 aliphatic heterocycles. The van der Waals surface area contributed by atoms with Crippen LogP contribution in [0.4, 0.5) is 5.69 Å². The van der Waals surface area contributed by atoms with Crippen molar-refractivity contribution in [1.82, 2.24) is 10.3 Å². The Morgan fingerprint density at radius 1 is 1.50 bits per heavy atom. The largest absolute Gasteiger partial charge is 0.377 e. The predicted molar refractivity (Wildman–Crippen MR) is 73.9 cm³/mol. The second-order valence-electron chi connectivity index (χ2n) is 5.30. The summed E-state index contributed by atoms with van der Waals surface area (Å²) in [6, 6.07) is 4.26. The highest BCUT2D eigenvalue weighted by Crippen LogP contribution is 2.26. The number of ether oxygens (including phenoxy) is 1. The molecule has 1 N–H and O–H groups in total. The highest BCUT2D eigenvalue weighted by Gasteiger charge is 2.30. The fourth-order valence-corrected chi connectivity index (χ4v) is 2.32. The number of hydrogen-bond donors (Lipinski definition) is 1. The second kappa shape index (κ2) is 5.67. The van der Waals surface area contributed by atoms with Gasteiger partial charge in [-0.1, -0.05) is 6.92 Å². The Bertz CT molecular complexity index is 392. The Morgan fingerprint density at radius 2 is 2.33 bits per heavy atom. The summed E-state index contributed by atoms with van der Waals surface area (Å²) in [5, 5.41) is 3.31. The van der Waals surface area contributed by atoms with E-state index in [1.165, 1.54) is 5.69 Å². The minimum Gasteiger partial charge on any atom is -0.377 e. The normalized spacial score (nSPS) is 18.9. The van der Waals surface area contributed by atoms with Crippen LogP contribution in [0.25, 0.3) is 0 Å². The average Bonchev–Trinajstić information content (AvgIpc) is 2.36. The van der Waals surface area contributed by atoms with Crippen LogP contribution in [-0.2, 0) is 11.3 Å². The first-order valence-corrected chi connectivity index (χ1v) is 6.64. The summed E-state index contributed by atoms with van der Waals surface area (Å²) < 4.78 is 5.56. The van der Waals surface area contributed by atoms with Crippen LogP contribution in [0.1, 0.15) is 26.5 Å². The predicted octanol–water partition coefficient (Wildman–Crippen LogP) is 1.81. The maximum Gasteiger partial charge on any atom is 0.0694 e. The lowest BCUT2D eigenvalue weighted by molar-refractivity contribution is 0.0644. The van der Waals surface area contributed by atoms with Gasteiger partial charge in [0.15, 0.2) is 0 Å². The first-order chi connectivity index (χ1) is 8.63. The number of nitrogens with one attached hydrogen (secondary N) is 1. The van der Waals surface area contributed by atoms with Gasteiger partial charge in [-0.3, -0.25) is 4.98 Å². The molecule has 0 saturated carbocycles. The number of anilines is 1. The van der Waals surface area contributed by atoms with Crippen LogP contribution in [0.5, 0.6) is 0 Å². The van der Waals surface area contributed by atoms with E-state index in [1.54, 1.807) is 0 Å². The molecule has 2 heterocycles. The minimum atomic E-state index is 0.0507. The molecular formula is C14H23N3O. The number of hydrogen-bond acceptors (Lipinski definition) is 4. The molecule has 0 unspecified atom stereocenters. The highest BCUT2D eigenvalue weighted by molar-refractivity contribution is 5.49. The Labute approximate surface area is 109 Å². The molecular weight excluding hydrogens is 226 g/mol. The lowest BCUT2D eigenvalue weighted by Gasteiger charge is -2.43. The summed E-state index contributed by atoms with van der Waals surface area (Å²) in [4.78, 5) is 6.81. The third kappa shape index (κ3) is 3.00. The zero-order chi connectivity index (χ0) is 13.0. The molecule has 100 valence electrons. The van der Waals surface area contributed by atoms with Gasteiger partial charge in [0.25, 0.3) is 0 Å². The molecule has 1 aromatic heterocycles.